The number of nitrogens with two attached hydrogens (primary N) is 1. The molecule has 3 nitrogen and oxygen atoms in total. The first-order chi connectivity index (χ1) is 2.81. The number of hydrogen-bond acceptors (Lipinski definition) is 3. The standard InChI is InChI=1S/C2H7N3S/c1-5(2-6)4-3/h2,4H,3H2,1H3. The van der Waals surface area contributed by atoms with Crippen molar-refractivity contribution in [2.24, 2.45) is 5.84 Å². The van der Waals surface area contributed by atoms with Crippen LogP contribution in [0.1, 0.15) is 0 Å². The molecule has 4 heteroatoms. The van der Waals surface area contributed by atoms with Crippen LogP contribution in [0.3, 0.4) is 0 Å². The highest BCUT2D eigenvalue weighted by Crippen LogP contribution is 1.56. The fourth-order valence-corrected chi connectivity index (χ4v) is 0.0913. The maximum Gasteiger partial charge on any atom is 0.0797 e. The van der Waals surface area contributed by atoms with Gasteiger partial charge in [-0.25, -0.2) is 0 Å². The van der Waals surface area contributed by atoms with Crippen molar-refractivity contribution in [2.45, 2.75) is 0 Å². The van der Waals surface area contributed by atoms with Gasteiger partial charge in [0.15, 0.2) is 0 Å². The number of thiocarbonyl (C=S) groups is 1. The van der Waals surface area contributed by atoms with Crippen LogP contribution in [-0.4, -0.2) is 17.5 Å². The highest BCUT2D eigenvalue weighted by molar-refractivity contribution is 7.78. The van der Waals surface area contributed by atoms with E-state index in [1.165, 1.54) is 10.5 Å². The van der Waals surface area contributed by atoms with Crippen molar-refractivity contribution in [3.63, 3.8) is 0 Å². The molecule has 0 aromatic heterocycles. The monoisotopic (exact) mass is 105 g/mol. The Hall–Kier alpha value is -0.190. The Morgan fingerprint density at radius 2 is 2.50 bits per heavy atom. The molecule has 0 aromatic carbocycles. The van der Waals surface area contributed by atoms with E-state index in [-0.39, 0.29) is 0 Å². The molecule has 0 atom stereocenters. The summed E-state index contributed by atoms with van der Waals surface area (Å²) in [6, 6.07) is 0. The molecule has 0 heterocycles. The van der Waals surface area contributed by atoms with E-state index in [0.29, 0.717) is 0 Å². The van der Waals surface area contributed by atoms with Gasteiger partial charge in [-0.1, -0.05) is 12.2 Å². The minimum atomic E-state index is 1.40. The highest BCUT2D eigenvalue weighted by Gasteiger charge is 1.73. The van der Waals surface area contributed by atoms with E-state index in [1.807, 2.05) is 0 Å². The van der Waals surface area contributed by atoms with Crippen LogP contribution < -0.4 is 11.4 Å². The molecule has 36 valence electrons. The number of rotatable bonds is 2. The largest absolute Gasteiger partial charge is 0.295 e. The first-order valence-corrected chi connectivity index (χ1v) is 1.92. The van der Waals surface area contributed by atoms with Crippen molar-refractivity contribution in [3.05, 3.63) is 0 Å². The third kappa shape index (κ3) is 2.07. The second-order valence-corrected chi connectivity index (χ2v) is 1.06. The fourth-order valence-electron chi connectivity index (χ4n) is 0.0304. The zero-order valence-electron chi connectivity index (χ0n) is 3.51. The van der Waals surface area contributed by atoms with Crippen LogP contribution in [0.2, 0.25) is 0 Å². The topological polar surface area (TPSA) is 41.3 Å². The van der Waals surface area contributed by atoms with Crippen LogP contribution in [0, 0.1) is 0 Å². The molecule has 0 rings (SSSR count). The first kappa shape index (κ1) is 5.81. The van der Waals surface area contributed by atoms with Gasteiger partial charge >= 0.3 is 0 Å². The molecule has 0 saturated carbocycles. The lowest BCUT2D eigenvalue weighted by atomic mass is 11.2. The molecule has 6 heavy (non-hydrogen) atoms. The summed E-state index contributed by atoms with van der Waals surface area (Å²) in [7, 11) is 1.72. The number of nitrogens with one attached hydrogen (secondary N) is 1. The van der Waals surface area contributed by atoms with Gasteiger partial charge in [0.05, 0.1) is 5.49 Å². The maximum atomic E-state index is 4.86. The predicted molar refractivity (Wildman–Crippen MR) is 28.7 cm³/mol. The normalized spacial score (nSPS) is 7.67. The molecule has 0 aliphatic rings. The van der Waals surface area contributed by atoms with Gasteiger partial charge in [-0.15, -0.1) is 0 Å². The first-order valence-electron chi connectivity index (χ1n) is 1.45. The van der Waals surface area contributed by atoms with Gasteiger partial charge in [0.25, 0.3) is 0 Å². The molecule has 0 aliphatic heterocycles. The van der Waals surface area contributed by atoms with E-state index in [4.69, 9.17) is 5.84 Å². The molecule has 0 saturated heterocycles. The second kappa shape index (κ2) is 3.02. The van der Waals surface area contributed by atoms with Crippen molar-refractivity contribution >= 4 is 17.7 Å². The molecule has 0 aliphatic carbocycles. The van der Waals surface area contributed by atoms with E-state index in [0.717, 1.165) is 0 Å². The SMILES string of the molecule is CN(C=S)NN. The Bertz CT molecular complexity index is 46.1. The Morgan fingerprint density at radius 1 is 2.00 bits per heavy atom. The van der Waals surface area contributed by atoms with Crippen LogP contribution in [0.5, 0.6) is 0 Å². The summed E-state index contributed by atoms with van der Waals surface area (Å²) in [5.74, 6) is 4.86. The summed E-state index contributed by atoms with van der Waals surface area (Å²) in [6.45, 7) is 0. The summed E-state index contributed by atoms with van der Waals surface area (Å²) < 4.78 is 0. The van der Waals surface area contributed by atoms with E-state index >= 15 is 0 Å². The van der Waals surface area contributed by atoms with Crippen LogP contribution in [0.25, 0.3) is 0 Å². The Balaban J connectivity index is 2.96. The van der Waals surface area contributed by atoms with E-state index in [9.17, 15) is 0 Å². The zero-order chi connectivity index (χ0) is 4.99. The molecular formula is C2H7N3S. The second-order valence-electron chi connectivity index (χ2n) is 0.845. The Kier molecular flexibility index (Phi) is 2.92. The third-order valence-corrected chi connectivity index (χ3v) is 0.678. The van der Waals surface area contributed by atoms with Crippen LogP contribution in [0.15, 0.2) is 0 Å². The summed E-state index contributed by atoms with van der Waals surface area (Å²) in [4.78, 5) is 0. The van der Waals surface area contributed by atoms with Gasteiger partial charge in [0.1, 0.15) is 0 Å². The lowest BCUT2D eigenvalue weighted by Crippen LogP contribution is -2.37. The molecule has 0 fully saturated rings. The number of hydrogen-bond donors (Lipinski definition) is 2. The fraction of sp³-hybridized carbons (Fsp3) is 0.500. The average Bonchev–Trinajstić information content (AvgIpc) is 1.65. The maximum absolute atomic E-state index is 4.86. The van der Waals surface area contributed by atoms with Crippen LogP contribution in [-0.2, 0) is 0 Å². The van der Waals surface area contributed by atoms with Crippen molar-refractivity contribution < 1.29 is 0 Å². The number of hydrazine groups is 2. The van der Waals surface area contributed by atoms with Crippen molar-refractivity contribution in [3.8, 4) is 0 Å². The van der Waals surface area contributed by atoms with Crippen molar-refractivity contribution in [1.29, 1.82) is 0 Å². The molecule has 3 N–H and O–H groups in total. The molecule has 0 radical (unpaired) electrons. The van der Waals surface area contributed by atoms with Gasteiger partial charge in [-0.2, -0.15) is 5.53 Å². The minimum absolute atomic E-state index is 1.40. The van der Waals surface area contributed by atoms with Gasteiger partial charge in [-0.3, -0.25) is 10.9 Å². The zero-order valence-corrected chi connectivity index (χ0v) is 4.33. The van der Waals surface area contributed by atoms with Crippen LogP contribution in [0.4, 0.5) is 0 Å². The summed E-state index contributed by atoms with van der Waals surface area (Å²) >= 11 is 4.43. The molecular weight excluding hydrogens is 98.1 g/mol. The summed E-state index contributed by atoms with van der Waals surface area (Å²) in [6.07, 6.45) is 0. The van der Waals surface area contributed by atoms with Gasteiger partial charge in [0.2, 0.25) is 0 Å². The lowest BCUT2D eigenvalue weighted by Gasteiger charge is -2.06. The van der Waals surface area contributed by atoms with Gasteiger partial charge < -0.3 is 0 Å². The molecule has 0 aromatic rings. The lowest BCUT2D eigenvalue weighted by molar-refractivity contribution is 0.393. The van der Waals surface area contributed by atoms with Crippen molar-refractivity contribution in [2.75, 3.05) is 7.05 Å². The van der Waals surface area contributed by atoms with Gasteiger partial charge in [0, 0.05) is 7.05 Å². The molecule has 0 amide bonds. The Labute approximate surface area is 42.1 Å². The smallest absolute Gasteiger partial charge is 0.0797 e. The Morgan fingerprint density at radius 3 is 2.50 bits per heavy atom. The molecule has 0 spiro atoms. The molecule has 0 unspecified atom stereocenters. The summed E-state index contributed by atoms with van der Waals surface area (Å²) in [5.41, 5.74) is 3.69. The van der Waals surface area contributed by atoms with E-state index < -0.39 is 0 Å². The third-order valence-electron chi connectivity index (χ3n) is 0.362. The van der Waals surface area contributed by atoms with E-state index in [2.05, 4.69) is 17.8 Å². The average molecular weight is 105 g/mol. The van der Waals surface area contributed by atoms with Crippen molar-refractivity contribution in [1.82, 2.24) is 10.5 Å². The minimum Gasteiger partial charge on any atom is -0.295 e. The predicted octanol–water partition coefficient (Wildman–Crippen LogP) is -0.746. The van der Waals surface area contributed by atoms with Crippen LogP contribution >= 0.6 is 12.2 Å². The molecule has 0 bridgehead atoms. The van der Waals surface area contributed by atoms with E-state index in [1.54, 1.807) is 7.05 Å². The van der Waals surface area contributed by atoms with Gasteiger partial charge in [-0.05, 0) is 0 Å². The quantitative estimate of drug-likeness (QED) is 0.275. The highest BCUT2D eigenvalue weighted by atomic mass is 32.1. The summed E-state index contributed by atoms with van der Waals surface area (Å²) in [5, 5.41) is 1.47. The number of nitrogens with zero attached hydrogens (tertiary/aromatic N) is 1.